The van der Waals surface area contributed by atoms with Crippen molar-refractivity contribution in [3.63, 3.8) is 0 Å². The summed E-state index contributed by atoms with van der Waals surface area (Å²) in [5.74, 6) is 0.473. The second-order valence-electron chi connectivity index (χ2n) is 13.4. The number of piperidine rings is 1. The molecular formula is C39H50ClN3O4. The number of benzene rings is 3. The van der Waals surface area contributed by atoms with Crippen LogP contribution in [0.15, 0.2) is 66.7 Å². The molecule has 0 aromatic heterocycles. The van der Waals surface area contributed by atoms with Gasteiger partial charge in [-0.2, -0.15) is 0 Å². The molecule has 0 spiro atoms. The molecule has 2 atom stereocenters. The van der Waals surface area contributed by atoms with E-state index in [1.165, 1.54) is 43.2 Å². The molecule has 3 aromatic carbocycles. The van der Waals surface area contributed by atoms with Crippen molar-refractivity contribution in [3.8, 4) is 11.1 Å². The van der Waals surface area contributed by atoms with Crippen molar-refractivity contribution in [1.29, 1.82) is 0 Å². The molecule has 8 heteroatoms. The highest BCUT2D eigenvalue weighted by molar-refractivity contribution is 6.33. The topological polar surface area (TPSA) is 102 Å². The van der Waals surface area contributed by atoms with E-state index in [1.807, 2.05) is 59.5 Å². The van der Waals surface area contributed by atoms with Gasteiger partial charge in [0, 0.05) is 48.2 Å². The van der Waals surface area contributed by atoms with E-state index in [0.29, 0.717) is 36.5 Å². The zero-order valence-electron chi connectivity index (χ0n) is 27.6. The molecule has 1 heterocycles. The van der Waals surface area contributed by atoms with E-state index >= 15 is 0 Å². The van der Waals surface area contributed by atoms with Gasteiger partial charge in [-0.25, -0.2) is 4.79 Å². The Labute approximate surface area is 284 Å². The zero-order chi connectivity index (χ0) is 33.2. The molecule has 7 nitrogen and oxygen atoms in total. The average molecular weight is 660 g/mol. The lowest BCUT2D eigenvalue weighted by molar-refractivity contribution is -0.0563. The molecule has 252 valence electrons. The number of rotatable bonds is 13. The van der Waals surface area contributed by atoms with Crippen LogP contribution in [0.4, 0.5) is 4.79 Å². The van der Waals surface area contributed by atoms with Crippen LogP contribution in [0.25, 0.3) is 11.1 Å². The van der Waals surface area contributed by atoms with Crippen LogP contribution in [0.5, 0.6) is 0 Å². The minimum Gasteiger partial charge on any atom is -0.465 e. The average Bonchev–Trinajstić information content (AvgIpc) is 3.10. The van der Waals surface area contributed by atoms with Gasteiger partial charge in [0.1, 0.15) is 0 Å². The minimum absolute atomic E-state index is 0.0340. The lowest BCUT2D eigenvalue weighted by atomic mass is 9.72. The molecule has 1 aliphatic carbocycles. The molecule has 4 N–H and O–H groups in total. The maximum absolute atomic E-state index is 13.8. The van der Waals surface area contributed by atoms with Crippen molar-refractivity contribution in [2.24, 2.45) is 11.8 Å². The van der Waals surface area contributed by atoms with Crippen LogP contribution < -0.4 is 10.6 Å². The standard InChI is InChI=1S/C39H50ClN3O4/c1-2-28-12-6-13-32(24-28)36-34(15-7-16-35(36)40)39(47,21-9-22-42-38(45)46)33-14-8-23-43(27-33)37(44)31-19-17-30(18-20-31)26-41-25-29-10-4-3-5-11-29/h6-7,12-13,15-20,24,29,33,41-42,47H,2-5,8-11,14,21-23,25-27H2,1H3,(H,45,46). The SMILES string of the molecule is CCc1cccc(-c2c(Cl)cccc2C(O)(CCCNC(=O)O)C2CCCN(C(=O)c3ccc(CNCC4CCCCC4)cc3)C2)c1. The summed E-state index contributed by atoms with van der Waals surface area (Å²) in [4.78, 5) is 26.9. The molecule has 0 radical (unpaired) electrons. The number of hydrogen-bond acceptors (Lipinski definition) is 4. The minimum atomic E-state index is -1.34. The van der Waals surface area contributed by atoms with E-state index in [1.54, 1.807) is 0 Å². The van der Waals surface area contributed by atoms with Crippen LogP contribution in [-0.4, -0.2) is 53.3 Å². The van der Waals surface area contributed by atoms with Gasteiger partial charge in [0.25, 0.3) is 5.91 Å². The molecule has 5 rings (SSSR count). The van der Waals surface area contributed by atoms with Crippen molar-refractivity contribution < 1.29 is 19.8 Å². The predicted octanol–water partition coefficient (Wildman–Crippen LogP) is 8.03. The van der Waals surface area contributed by atoms with Gasteiger partial charge in [-0.1, -0.05) is 86.3 Å². The van der Waals surface area contributed by atoms with Crippen LogP contribution in [0.2, 0.25) is 5.02 Å². The summed E-state index contributed by atoms with van der Waals surface area (Å²) in [6.07, 6.45) is 8.71. The fraction of sp³-hybridized carbons (Fsp3) is 0.487. The van der Waals surface area contributed by atoms with Crippen LogP contribution in [0.1, 0.15) is 91.8 Å². The summed E-state index contributed by atoms with van der Waals surface area (Å²) in [5, 5.41) is 28.5. The van der Waals surface area contributed by atoms with Crippen molar-refractivity contribution in [2.75, 3.05) is 26.2 Å². The number of hydrogen-bond donors (Lipinski definition) is 4. The van der Waals surface area contributed by atoms with E-state index < -0.39 is 11.7 Å². The van der Waals surface area contributed by atoms with Gasteiger partial charge in [0.2, 0.25) is 0 Å². The Kier molecular flexibility index (Phi) is 12.4. The second-order valence-corrected chi connectivity index (χ2v) is 13.8. The number of nitrogens with one attached hydrogen (secondary N) is 2. The Bertz CT molecular complexity index is 1490. The molecule has 1 saturated carbocycles. The van der Waals surface area contributed by atoms with Crippen molar-refractivity contribution in [3.05, 3.63) is 94.0 Å². The van der Waals surface area contributed by atoms with Gasteiger partial charge in [-0.05, 0) is 97.9 Å². The summed E-state index contributed by atoms with van der Waals surface area (Å²) in [6, 6.07) is 21.8. The molecule has 47 heavy (non-hydrogen) atoms. The highest BCUT2D eigenvalue weighted by Gasteiger charge is 2.43. The molecular weight excluding hydrogens is 610 g/mol. The molecule has 2 unspecified atom stereocenters. The Morgan fingerprint density at radius 2 is 1.72 bits per heavy atom. The van der Waals surface area contributed by atoms with Crippen LogP contribution in [0, 0.1) is 11.8 Å². The molecule has 0 bridgehead atoms. The van der Waals surface area contributed by atoms with Crippen LogP contribution >= 0.6 is 11.6 Å². The predicted molar refractivity (Wildman–Crippen MR) is 189 cm³/mol. The largest absolute Gasteiger partial charge is 0.465 e. The monoisotopic (exact) mass is 659 g/mol. The quantitative estimate of drug-likeness (QED) is 0.139. The van der Waals surface area contributed by atoms with Crippen molar-refractivity contribution >= 4 is 23.6 Å². The van der Waals surface area contributed by atoms with Crippen molar-refractivity contribution in [1.82, 2.24) is 15.5 Å². The number of amides is 2. The molecule has 1 aliphatic heterocycles. The summed E-state index contributed by atoms with van der Waals surface area (Å²) < 4.78 is 0. The fourth-order valence-electron chi connectivity index (χ4n) is 7.55. The molecule has 2 amide bonds. The van der Waals surface area contributed by atoms with Gasteiger partial charge in [-0.3, -0.25) is 4.79 Å². The number of carboxylic acid groups (broad SMARTS) is 1. The number of nitrogens with zero attached hydrogens (tertiary/aromatic N) is 1. The van der Waals surface area contributed by atoms with Crippen molar-refractivity contribution in [2.45, 2.75) is 83.3 Å². The third-order valence-corrected chi connectivity index (χ3v) is 10.5. The highest BCUT2D eigenvalue weighted by atomic mass is 35.5. The molecule has 2 fully saturated rings. The van der Waals surface area contributed by atoms with Gasteiger partial charge in [0.15, 0.2) is 0 Å². The first-order chi connectivity index (χ1) is 22.8. The van der Waals surface area contributed by atoms with Crippen LogP contribution in [0.3, 0.4) is 0 Å². The first-order valence-corrected chi connectivity index (χ1v) is 17.8. The third kappa shape index (κ3) is 8.95. The lowest BCUT2D eigenvalue weighted by Crippen LogP contribution is -2.48. The van der Waals surface area contributed by atoms with E-state index in [0.717, 1.165) is 55.0 Å². The third-order valence-electron chi connectivity index (χ3n) is 10.2. The van der Waals surface area contributed by atoms with Gasteiger partial charge >= 0.3 is 6.09 Å². The summed E-state index contributed by atoms with van der Waals surface area (Å²) in [6.45, 7) is 5.18. The molecule has 1 saturated heterocycles. The number of aryl methyl sites for hydroxylation is 1. The molecule has 2 aliphatic rings. The van der Waals surface area contributed by atoms with E-state index in [4.69, 9.17) is 16.7 Å². The number of carbonyl (C=O) groups is 2. The van der Waals surface area contributed by atoms with Gasteiger partial charge < -0.3 is 25.7 Å². The highest BCUT2D eigenvalue weighted by Crippen LogP contribution is 2.45. The van der Waals surface area contributed by atoms with E-state index in [-0.39, 0.29) is 18.4 Å². The smallest absolute Gasteiger partial charge is 0.404 e. The maximum Gasteiger partial charge on any atom is 0.404 e. The lowest BCUT2D eigenvalue weighted by Gasteiger charge is -2.44. The van der Waals surface area contributed by atoms with Gasteiger partial charge in [0.05, 0.1) is 5.60 Å². The number of aliphatic hydroxyl groups is 1. The second kappa shape index (κ2) is 16.6. The zero-order valence-corrected chi connectivity index (χ0v) is 28.4. The Balaban J connectivity index is 1.35. The Morgan fingerprint density at radius 3 is 2.47 bits per heavy atom. The maximum atomic E-state index is 13.8. The molecule has 3 aromatic rings. The Morgan fingerprint density at radius 1 is 0.957 bits per heavy atom. The fourth-order valence-corrected chi connectivity index (χ4v) is 7.83. The summed E-state index contributed by atoms with van der Waals surface area (Å²) in [7, 11) is 0. The normalized spacial score (nSPS) is 18.4. The van der Waals surface area contributed by atoms with Crippen LogP contribution in [-0.2, 0) is 18.6 Å². The number of halogens is 1. The van der Waals surface area contributed by atoms with Gasteiger partial charge in [-0.15, -0.1) is 0 Å². The summed E-state index contributed by atoms with van der Waals surface area (Å²) in [5.41, 5.74) is 4.09. The first-order valence-electron chi connectivity index (χ1n) is 17.4. The number of carbonyl (C=O) groups excluding carboxylic acids is 1. The van der Waals surface area contributed by atoms with E-state index in [9.17, 15) is 14.7 Å². The van der Waals surface area contributed by atoms with E-state index in [2.05, 4.69) is 29.7 Å². The first kappa shape index (κ1) is 34.9. The Hall–Kier alpha value is -3.39. The summed E-state index contributed by atoms with van der Waals surface area (Å²) >= 11 is 6.88. The number of likely N-dealkylation sites (tertiary alicyclic amines) is 1.